The number of carboxylic acid groups (broad SMARTS) is 1. The molecule has 0 amide bonds. The first-order valence-electron chi connectivity index (χ1n) is 5.58. The van der Waals surface area contributed by atoms with Crippen LogP contribution in [0.15, 0.2) is 30.3 Å². The maximum absolute atomic E-state index is 9.50. The zero-order chi connectivity index (χ0) is 13.7. The van der Waals surface area contributed by atoms with E-state index in [0.29, 0.717) is 5.39 Å². The molecule has 0 aliphatic rings. The van der Waals surface area contributed by atoms with E-state index in [9.17, 15) is 15.0 Å². The Bertz CT molecular complexity index is 561. The van der Waals surface area contributed by atoms with E-state index in [0.717, 1.165) is 10.9 Å². The first-order valence-corrected chi connectivity index (χ1v) is 5.58. The van der Waals surface area contributed by atoms with Crippen LogP contribution in [-0.2, 0) is 4.79 Å². The van der Waals surface area contributed by atoms with Gasteiger partial charge in [0.05, 0.1) is 0 Å². The maximum atomic E-state index is 9.50. The molecule has 0 fully saturated rings. The molecule has 2 rings (SSSR count). The lowest BCUT2D eigenvalue weighted by atomic mass is 10.1. The molecule has 3 N–H and O–H groups in total. The van der Waals surface area contributed by atoms with Gasteiger partial charge in [0.25, 0.3) is 0 Å². The third-order valence-corrected chi connectivity index (χ3v) is 2.43. The first-order chi connectivity index (χ1) is 8.45. The minimum absolute atomic E-state index is 0.0440. The summed E-state index contributed by atoms with van der Waals surface area (Å²) in [5.41, 5.74) is 1.14. The Morgan fingerprint density at radius 3 is 2.33 bits per heavy atom. The van der Waals surface area contributed by atoms with E-state index in [4.69, 9.17) is 5.11 Å². The monoisotopic (exact) mass is 248 g/mol. The molecule has 18 heavy (non-hydrogen) atoms. The lowest BCUT2D eigenvalue weighted by molar-refractivity contribution is -0.136. The van der Waals surface area contributed by atoms with Crippen LogP contribution in [0.5, 0.6) is 11.5 Å². The summed E-state index contributed by atoms with van der Waals surface area (Å²) < 4.78 is 0. The van der Waals surface area contributed by atoms with Crippen LogP contribution in [0.25, 0.3) is 10.8 Å². The summed E-state index contributed by atoms with van der Waals surface area (Å²) in [6, 6.07) is 8.96. The summed E-state index contributed by atoms with van der Waals surface area (Å²) in [6.45, 7) is 3.59. The number of carboxylic acids is 1. The maximum Gasteiger partial charge on any atom is 0.303 e. The Labute approximate surface area is 105 Å². The molecule has 0 bridgehead atoms. The molecule has 0 aromatic heterocycles. The van der Waals surface area contributed by atoms with Crippen molar-refractivity contribution >= 4 is 16.7 Å². The highest BCUT2D eigenvalue weighted by atomic mass is 16.4. The van der Waals surface area contributed by atoms with E-state index >= 15 is 0 Å². The third-order valence-electron chi connectivity index (χ3n) is 2.43. The number of phenolic OH excluding ortho intramolecular Hbond substituents is 2. The van der Waals surface area contributed by atoms with E-state index in [1.54, 1.807) is 19.1 Å². The molecule has 0 spiro atoms. The van der Waals surface area contributed by atoms with Gasteiger partial charge >= 0.3 is 5.97 Å². The van der Waals surface area contributed by atoms with Crippen LogP contribution < -0.4 is 0 Å². The van der Waals surface area contributed by atoms with Crippen LogP contribution in [0.3, 0.4) is 0 Å². The van der Waals surface area contributed by atoms with Crippen molar-refractivity contribution in [3.8, 4) is 11.5 Å². The Kier molecular flexibility index (Phi) is 4.54. The van der Waals surface area contributed by atoms with Crippen molar-refractivity contribution in [1.82, 2.24) is 0 Å². The van der Waals surface area contributed by atoms with Crippen LogP contribution in [0.4, 0.5) is 0 Å². The van der Waals surface area contributed by atoms with Crippen LogP contribution in [-0.4, -0.2) is 21.3 Å². The van der Waals surface area contributed by atoms with E-state index in [2.05, 4.69) is 0 Å². The smallest absolute Gasteiger partial charge is 0.303 e. The highest BCUT2D eigenvalue weighted by Crippen LogP contribution is 2.33. The van der Waals surface area contributed by atoms with E-state index in [1.807, 2.05) is 19.1 Å². The number of carbonyl (C=O) groups is 1. The van der Waals surface area contributed by atoms with Gasteiger partial charge in [0.1, 0.15) is 0 Å². The van der Waals surface area contributed by atoms with E-state index in [-0.39, 0.29) is 17.9 Å². The van der Waals surface area contributed by atoms with E-state index < -0.39 is 5.97 Å². The average Bonchev–Trinajstić information content (AvgIpc) is 2.34. The van der Waals surface area contributed by atoms with Crippen molar-refractivity contribution in [2.24, 2.45) is 0 Å². The summed E-state index contributed by atoms with van der Waals surface area (Å²) in [4.78, 5) is 9.37. The van der Waals surface area contributed by atoms with Crippen molar-refractivity contribution in [2.45, 2.75) is 20.3 Å². The molecule has 0 radical (unpaired) electrons. The largest absolute Gasteiger partial charge is 0.504 e. The SMILES string of the molecule is CCC(=O)O.Cc1ccc2c(O)c(O)ccc2c1. The molecule has 2 aromatic rings. The molecule has 0 aliphatic heterocycles. The zero-order valence-electron chi connectivity index (χ0n) is 10.3. The van der Waals surface area contributed by atoms with Gasteiger partial charge in [0, 0.05) is 11.8 Å². The topological polar surface area (TPSA) is 77.8 Å². The van der Waals surface area contributed by atoms with Gasteiger partial charge in [-0.05, 0) is 18.4 Å². The second-order valence-electron chi connectivity index (χ2n) is 3.91. The number of fused-ring (bicyclic) bond motifs is 1. The van der Waals surface area contributed by atoms with Crippen LogP contribution >= 0.6 is 0 Å². The van der Waals surface area contributed by atoms with Gasteiger partial charge in [-0.15, -0.1) is 0 Å². The number of benzene rings is 2. The molecule has 0 saturated heterocycles. The van der Waals surface area contributed by atoms with Crippen molar-refractivity contribution in [3.05, 3.63) is 35.9 Å². The number of hydrogen-bond donors (Lipinski definition) is 3. The van der Waals surface area contributed by atoms with Crippen LogP contribution in [0.2, 0.25) is 0 Å². The lowest BCUT2D eigenvalue weighted by Gasteiger charge is -2.03. The Hall–Kier alpha value is -2.23. The number of aromatic hydroxyl groups is 2. The van der Waals surface area contributed by atoms with Gasteiger partial charge in [0.2, 0.25) is 0 Å². The normalized spacial score (nSPS) is 9.67. The zero-order valence-corrected chi connectivity index (χ0v) is 10.3. The molecule has 2 aromatic carbocycles. The van der Waals surface area contributed by atoms with Crippen molar-refractivity contribution in [3.63, 3.8) is 0 Å². The molecule has 4 heteroatoms. The van der Waals surface area contributed by atoms with Gasteiger partial charge in [0.15, 0.2) is 11.5 Å². The molecular weight excluding hydrogens is 232 g/mol. The predicted octanol–water partition coefficient (Wildman–Crippen LogP) is 3.04. The summed E-state index contributed by atoms with van der Waals surface area (Å²) in [6.07, 6.45) is 0.222. The first kappa shape index (κ1) is 13.8. The summed E-state index contributed by atoms with van der Waals surface area (Å²) >= 11 is 0. The highest BCUT2D eigenvalue weighted by Gasteiger charge is 2.03. The van der Waals surface area contributed by atoms with Gasteiger partial charge in [-0.25, -0.2) is 0 Å². The number of hydrogen-bond acceptors (Lipinski definition) is 3. The number of aliphatic carboxylic acids is 1. The quantitative estimate of drug-likeness (QED) is 0.678. The van der Waals surface area contributed by atoms with Gasteiger partial charge < -0.3 is 15.3 Å². The Morgan fingerprint density at radius 1 is 1.17 bits per heavy atom. The molecule has 0 heterocycles. The number of aryl methyl sites for hydroxylation is 1. The number of phenols is 2. The molecule has 4 nitrogen and oxygen atoms in total. The fourth-order valence-electron chi connectivity index (χ4n) is 1.42. The van der Waals surface area contributed by atoms with Gasteiger partial charge in [-0.2, -0.15) is 0 Å². The van der Waals surface area contributed by atoms with Crippen molar-refractivity contribution in [2.75, 3.05) is 0 Å². The minimum Gasteiger partial charge on any atom is -0.504 e. The Balaban J connectivity index is 0.000000280. The standard InChI is InChI=1S/C11H10O2.C3H6O2/c1-7-2-4-9-8(6-7)3-5-10(12)11(9)13;1-2-3(4)5/h2-6,12-13H,1H3;2H2,1H3,(H,4,5). The predicted molar refractivity (Wildman–Crippen MR) is 69.9 cm³/mol. The van der Waals surface area contributed by atoms with Crippen molar-refractivity contribution in [1.29, 1.82) is 0 Å². The molecular formula is C14H16O4. The molecule has 0 unspecified atom stereocenters. The summed E-state index contributed by atoms with van der Waals surface area (Å²) in [5.74, 6) is -0.862. The molecule has 96 valence electrons. The fourth-order valence-corrected chi connectivity index (χ4v) is 1.42. The Morgan fingerprint density at radius 2 is 1.78 bits per heavy atom. The highest BCUT2D eigenvalue weighted by molar-refractivity contribution is 5.90. The van der Waals surface area contributed by atoms with Crippen LogP contribution in [0, 0.1) is 6.92 Å². The molecule has 0 saturated carbocycles. The van der Waals surface area contributed by atoms with Crippen molar-refractivity contribution < 1.29 is 20.1 Å². The summed E-state index contributed by atoms with van der Waals surface area (Å²) in [5, 5.41) is 28.1. The average molecular weight is 248 g/mol. The second-order valence-corrected chi connectivity index (χ2v) is 3.91. The van der Waals surface area contributed by atoms with E-state index in [1.165, 1.54) is 6.07 Å². The molecule has 0 atom stereocenters. The van der Waals surface area contributed by atoms with Gasteiger partial charge in [-0.3, -0.25) is 4.79 Å². The minimum atomic E-state index is -0.745. The molecule has 0 aliphatic carbocycles. The second kappa shape index (κ2) is 5.91. The lowest BCUT2D eigenvalue weighted by Crippen LogP contribution is -1.86. The van der Waals surface area contributed by atoms with Gasteiger partial charge in [-0.1, -0.05) is 36.8 Å². The van der Waals surface area contributed by atoms with Crippen LogP contribution in [0.1, 0.15) is 18.9 Å². The fraction of sp³-hybridized carbons (Fsp3) is 0.214. The third kappa shape index (κ3) is 3.38. The number of rotatable bonds is 1. The summed E-state index contributed by atoms with van der Waals surface area (Å²) in [7, 11) is 0.